The van der Waals surface area contributed by atoms with Gasteiger partial charge in [0.2, 0.25) is 0 Å². The lowest BCUT2D eigenvalue weighted by atomic mass is 9.96. The molecule has 1 aromatic heterocycles. The Labute approximate surface area is 292 Å². The first kappa shape index (κ1) is 37.2. The largest absolute Gasteiger partial charge is 0.501 e. The Hall–Kier alpha value is -4.09. The molecule has 1 aliphatic rings. The number of pyridine rings is 1. The minimum Gasteiger partial charge on any atom is -0.488 e. The molecule has 2 heterocycles. The van der Waals surface area contributed by atoms with E-state index in [0.29, 0.717) is 36.5 Å². The van der Waals surface area contributed by atoms with Crippen LogP contribution >= 0.6 is 11.6 Å². The fourth-order valence-electron chi connectivity index (χ4n) is 5.09. The van der Waals surface area contributed by atoms with Gasteiger partial charge in [0.25, 0.3) is 20.0 Å². The smallest absolute Gasteiger partial charge is 0.488 e. The van der Waals surface area contributed by atoms with E-state index in [4.69, 9.17) is 35.1 Å². The fourth-order valence-corrected chi connectivity index (χ4v) is 6.65. The Bertz CT molecular complexity index is 2100. The van der Waals surface area contributed by atoms with E-state index in [1.165, 1.54) is 12.1 Å². The van der Waals surface area contributed by atoms with Crippen LogP contribution in [0.4, 0.5) is 13.2 Å². The second-order valence-corrected chi connectivity index (χ2v) is 15.3. The Kier molecular flexibility index (Phi) is 11.2. The zero-order chi connectivity index (χ0) is 36.3. The summed E-state index contributed by atoms with van der Waals surface area (Å²) in [5, 5.41) is 0.191. The number of sulfone groups is 1. The molecular weight excluding hydrogens is 725 g/mol. The highest BCUT2D eigenvalue weighted by Gasteiger charge is 2.47. The molecule has 0 amide bonds. The van der Waals surface area contributed by atoms with Crippen molar-refractivity contribution >= 4 is 31.6 Å². The number of hydrogen-bond donors (Lipinski definition) is 1. The van der Waals surface area contributed by atoms with E-state index in [9.17, 15) is 30.0 Å². The maximum atomic E-state index is 13.1. The molecule has 0 spiro atoms. The molecule has 268 valence electrons. The summed E-state index contributed by atoms with van der Waals surface area (Å²) in [6.45, 7) is 2.64. The second-order valence-electron chi connectivity index (χ2n) is 11.4. The van der Waals surface area contributed by atoms with Crippen molar-refractivity contribution in [3.8, 4) is 34.1 Å². The topological polar surface area (TPSA) is 142 Å². The van der Waals surface area contributed by atoms with Crippen molar-refractivity contribution in [2.75, 3.05) is 32.6 Å². The van der Waals surface area contributed by atoms with Gasteiger partial charge in [-0.05, 0) is 60.5 Å². The maximum Gasteiger partial charge on any atom is 0.501 e. The van der Waals surface area contributed by atoms with Crippen LogP contribution in [0.2, 0.25) is 5.02 Å². The van der Waals surface area contributed by atoms with Gasteiger partial charge in [-0.1, -0.05) is 35.9 Å². The number of alkyl halides is 3. The summed E-state index contributed by atoms with van der Waals surface area (Å²) in [6, 6.07) is 15.3. The first-order chi connectivity index (χ1) is 23.5. The Morgan fingerprint density at radius 3 is 2.36 bits per heavy atom. The first-order valence-corrected chi connectivity index (χ1v) is 18.4. The number of rotatable bonds is 13. The molecule has 1 aliphatic heterocycles. The highest BCUT2D eigenvalue weighted by Crippen LogP contribution is 2.38. The molecule has 3 aromatic carbocycles. The highest BCUT2D eigenvalue weighted by molar-refractivity contribution is 7.92. The lowest BCUT2D eigenvalue weighted by molar-refractivity contribution is -0.0436. The zero-order valence-corrected chi connectivity index (χ0v) is 29.1. The monoisotopic (exact) mass is 756 g/mol. The Morgan fingerprint density at radius 1 is 0.920 bits per heavy atom. The van der Waals surface area contributed by atoms with Crippen LogP contribution < -0.4 is 18.9 Å². The number of ether oxygens (including phenoxy) is 4. The number of hydrogen-bond acceptors (Lipinski definition) is 10. The summed E-state index contributed by atoms with van der Waals surface area (Å²) in [7, 11) is -8.28. The van der Waals surface area contributed by atoms with E-state index in [1.54, 1.807) is 11.9 Å². The molecule has 0 bridgehead atoms. The predicted molar refractivity (Wildman–Crippen MR) is 178 cm³/mol. The average molecular weight is 757 g/mol. The van der Waals surface area contributed by atoms with Crippen LogP contribution in [0, 0.1) is 6.92 Å². The first-order valence-electron chi connectivity index (χ1n) is 15.0. The van der Waals surface area contributed by atoms with Crippen molar-refractivity contribution in [3.63, 3.8) is 0 Å². The van der Waals surface area contributed by atoms with E-state index in [-0.39, 0.29) is 48.4 Å². The summed E-state index contributed by atoms with van der Waals surface area (Å²) in [5.74, 6) is 1.18. The summed E-state index contributed by atoms with van der Waals surface area (Å²) < 4.78 is 118. The molecule has 0 aliphatic carbocycles. The number of nitrogens with zero attached hydrogens (tertiary/aromatic N) is 2. The highest BCUT2D eigenvalue weighted by atomic mass is 35.5. The molecule has 17 heteroatoms. The minimum absolute atomic E-state index is 0.0324. The molecule has 0 saturated carbocycles. The van der Waals surface area contributed by atoms with Gasteiger partial charge in [0.1, 0.15) is 37.9 Å². The van der Waals surface area contributed by atoms with Gasteiger partial charge in [0, 0.05) is 42.7 Å². The molecular formula is C33H32ClF3N2O9S2. The summed E-state index contributed by atoms with van der Waals surface area (Å²) >= 11 is 6.62. The van der Waals surface area contributed by atoms with Crippen molar-refractivity contribution < 1.29 is 53.5 Å². The van der Waals surface area contributed by atoms with Crippen molar-refractivity contribution in [1.29, 1.82) is 0 Å². The van der Waals surface area contributed by atoms with Crippen LogP contribution in [0.25, 0.3) is 11.1 Å². The molecule has 5 rings (SSSR count). The van der Waals surface area contributed by atoms with Crippen LogP contribution in [0.15, 0.2) is 71.9 Å². The Morgan fingerprint density at radius 2 is 1.64 bits per heavy atom. The maximum absolute atomic E-state index is 13.1. The zero-order valence-electron chi connectivity index (χ0n) is 26.7. The number of halogens is 4. The number of benzene rings is 3. The lowest BCUT2D eigenvalue weighted by Crippen LogP contribution is -2.25. The second kappa shape index (κ2) is 15.0. The molecule has 0 radical (unpaired) electrons. The van der Waals surface area contributed by atoms with Gasteiger partial charge in [-0.15, -0.1) is 0 Å². The average Bonchev–Trinajstić information content (AvgIpc) is 3.06. The molecule has 11 nitrogen and oxygen atoms in total. The van der Waals surface area contributed by atoms with Crippen molar-refractivity contribution in [2.24, 2.45) is 0 Å². The van der Waals surface area contributed by atoms with Gasteiger partial charge >= 0.3 is 5.51 Å². The van der Waals surface area contributed by atoms with E-state index in [0.717, 1.165) is 34.5 Å². The van der Waals surface area contributed by atoms with Crippen molar-refractivity contribution in [3.05, 3.63) is 94.3 Å². The quantitative estimate of drug-likeness (QED) is 0.155. The van der Waals surface area contributed by atoms with E-state index >= 15 is 0 Å². The number of fused-ring (bicyclic) bond motifs is 1. The molecule has 50 heavy (non-hydrogen) atoms. The van der Waals surface area contributed by atoms with Crippen LogP contribution in [0.3, 0.4) is 0 Å². The summed E-state index contributed by atoms with van der Waals surface area (Å²) in [4.78, 5) is 4.19. The van der Waals surface area contributed by atoms with Crippen molar-refractivity contribution in [1.82, 2.24) is 9.88 Å². The molecule has 0 atom stereocenters. The van der Waals surface area contributed by atoms with Crippen LogP contribution in [-0.2, 0) is 39.7 Å². The molecule has 1 N–H and O–H groups in total. The van der Waals surface area contributed by atoms with Gasteiger partial charge in [0.15, 0.2) is 11.5 Å². The van der Waals surface area contributed by atoms with Gasteiger partial charge in [0.05, 0.1) is 15.7 Å². The lowest BCUT2D eigenvalue weighted by Gasteiger charge is -2.21. The van der Waals surface area contributed by atoms with Gasteiger partial charge in [-0.25, -0.2) is 8.42 Å². The van der Waals surface area contributed by atoms with Gasteiger partial charge in [-0.3, -0.25) is 9.54 Å². The minimum atomic E-state index is -5.64. The van der Waals surface area contributed by atoms with Gasteiger partial charge in [-0.2, -0.15) is 21.6 Å². The third kappa shape index (κ3) is 8.98. The third-order valence-corrected chi connectivity index (χ3v) is 10.2. The standard InChI is InChI=1S/C33H32ClF3N2O9S2/c1-21-24(4-3-5-27(21)23-6-7-29-32(14-23)46-10-9-45-29)20-48-31-15-30(25(13-28(31)34)18-39(2)8-11-49(40,41)42)47-19-22-12-26(17-38-16-22)50(43,44)33(35,36)37/h3-7,12-17H,8-11,18-20H2,1-2H3,(H,40,41,42). The Balaban J connectivity index is 1.40. The normalized spacial score (nSPS) is 13.4. The molecule has 4 aromatic rings. The molecule has 0 saturated heterocycles. The van der Waals surface area contributed by atoms with Crippen LogP contribution in [0.1, 0.15) is 22.3 Å². The van der Waals surface area contributed by atoms with E-state index in [2.05, 4.69) is 4.98 Å². The molecule has 0 unspecified atom stereocenters. The van der Waals surface area contributed by atoms with E-state index in [1.807, 2.05) is 43.3 Å². The van der Waals surface area contributed by atoms with Gasteiger partial charge < -0.3 is 23.8 Å². The summed E-state index contributed by atoms with van der Waals surface area (Å²) in [6.07, 6.45) is 1.76. The SMILES string of the molecule is Cc1c(COc2cc(OCc3cncc(S(=O)(=O)C(F)(F)F)c3)c(CN(C)CCS(=O)(=O)O)cc2Cl)cccc1-c1ccc2c(c1)OCCO2. The van der Waals surface area contributed by atoms with Crippen molar-refractivity contribution in [2.45, 2.75) is 37.1 Å². The summed E-state index contributed by atoms with van der Waals surface area (Å²) in [5.41, 5.74) is -1.38. The predicted octanol–water partition coefficient (Wildman–Crippen LogP) is 6.25. The molecule has 0 fully saturated rings. The fraction of sp³-hybridized carbons (Fsp3) is 0.303. The van der Waals surface area contributed by atoms with Crippen LogP contribution in [0.5, 0.6) is 23.0 Å². The number of aromatic nitrogens is 1. The van der Waals surface area contributed by atoms with Crippen LogP contribution in [-0.4, -0.2) is 69.3 Å². The van der Waals surface area contributed by atoms with E-state index < -0.39 is 36.1 Å². The third-order valence-electron chi connectivity index (χ3n) is 7.75.